The highest BCUT2D eigenvalue weighted by Crippen LogP contribution is 2.35. The van der Waals surface area contributed by atoms with E-state index < -0.39 is 5.97 Å². The van der Waals surface area contributed by atoms with Gasteiger partial charge in [0, 0.05) is 5.56 Å². The number of methoxy groups -OCH3 is 1. The molecular weight excluding hydrogens is 430 g/mol. The lowest BCUT2D eigenvalue weighted by atomic mass is 9.86. The molecule has 7 heteroatoms. The number of carbonyl (C=O) groups is 1. The third kappa shape index (κ3) is 4.59. The van der Waals surface area contributed by atoms with E-state index in [0.717, 1.165) is 5.56 Å². The van der Waals surface area contributed by atoms with Crippen LogP contribution in [0.4, 0.5) is 0 Å². The Kier molecular flexibility index (Phi) is 6.03. The molecule has 4 aromatic rings. The van der Waals surface area contributed by atoms with Gasteiger partial charge in [-0.15, -0.1) is 0 Å². The predicted molar refractivity (Wildman–Crippen MR) is 130 cm³/mol. The van der Waals surface area contributed by atoms with Gasteiger partial charge in [0.15, 0.2) is 17.5 Å². The van der Waals surface area contributed by atoms with E-state index in [-0.39, 0.29) is 34.4 Å². The van der Waals surface area contributed by atoms with Crippen LogP contribution in [0.5, 0.6) is 11.5 Å². The number of hydrogen-bond donors (Lipinski definition) is 2. The number of hydrogen-bond acceptors (Lipinski definition) is 7. The number of benzene rings is 3. The van der Waals surface area contributed by atoms with Gasteiger partial charge in [-0.25, -0.2) is 19.7 Å². The van der Waals surface area contributed by atoms with E-state index in [1.54, 1.807) is 60.7 Å². The van der Waals surface area contributed by atoms with Crippen molar-refractivity contribution >= 4 is 5.97 Å². The second kappa shape index (κ2) is 8.94. The lowest BCUT2D eigenvalue weighted by Gasteiger charge is -2.20. The summed E-state index contributed by atoms with van der Waals surface area (Å²) in [5.74, 6) is 0.337. The van der Waals surface area contributed by atoms with Crippen LogP contribution in [0.2, 0.25) is 0 Å². The summed E-state index contributed by atoms with van der Waals surface area (Å²) in [6.45, 7) is 6.19. The van der Waals surface area contributed by atoms with Crippen LogP contribution in [0.3, 0.4) is 0 Å². The van der Waals surface area contributed by atoms with E-state index in [9.17, 15) is 15.0 Å². The van der Waals surface area contributed by atoms with Crippen LogP contribution in [0.1, 0.15) is 36.7 Å². The zero-order valence-electron chi connectivity index (χ0n) is 19.4. The van der Waals surface area contributed by atoms with Gasteiger partial charge in [-0.05, 0) is 47.4 Å². The van der Waals surface area contributed by atoms with Crippen molar-refractivity contribution in [3.63, 3.8) is 0 Å². The predicted octanol–water partition coefficient (Wildman–Crippen LogP) is 5.37. The van der Waals surface area contributed by atoms with Gasteiger partial charge in [0.2, 0.25) is 0 Å². The molecule has 0 radical (unpaired) electrons. The van der Waals surface area contributed by atoms with Crippen molar-refractivity contribution in [1.29, 1.82) is 0 Å². The first-order chi connectivity index (χ1) is 16.2. The van der Waals surface area contributed by atoms with Crippen molar-refractivity contribution in [3.05, 3.63) is 77.9 Å². The summed E-state index contributed by atoms with van der Waals surface area (Å²) in [5.41, 5.74) is 2.59. The van der Waals surface area contributed by atoms with E-state index in [4.69, 9.17) is 4.74 Å². The zero-order chi connectivity index (χ0) is 24.5. The summed E-state index contributed by atoms with van der Waals surface area (Å²) >= 11 is 0. The average Bonchev–Trinajstić information content (AvgIpc) is 2.83. The molecule has 7 nitrogen and oxygen atoms in total. The van der Waals surface area contributed by atoms with Crippen molar-refractivity contribution in [2.45, 2.75) is 26.2 Å². The molecule has 0 saturated heterocycles. The molecule has 4 rings (SSSR count). The molecular formula is C27H25N3O4. The summed E-state index contributed by atoms with van der Waals surface area (Å²) in [6, 6.07) is 18.9. The Labute approximate surface area is 197 Å². The molecule has 172 valence electrons. The lowest BCUT2D eigenvalue weighted by molar-refractivity contribution is 0.0600. The van der Waals surface area contributed by atoms with E-state index in [1.807, 2.05) is 6.07 Å². The molecule has 1 heterocycles. The number of phenols is 2. The number of aromatic hydroxyl groups is 2. The van der Waals surface area contributed by atoms with E-state index >= 15 is 0 Å². The smallest absolute Gasteiger partial charge is 0.337 e. The Balaban J connectivity index is 1.92. The van der Waals surface area contributed by atoms with Crippen LogP contribution < -0.4 is 0 Å². The molecule has 1 aromatic heterocycles. The van der Waals surface area contributed by atoms with Crippen LogP contribution >= 0.6 is 0 Å². The van der Waals surface area contributed by atoms with Gasteiger partial charge in [0.05, 0.1) is 23.8 Å². The standard InChI is InChI=1S/C27H25N3O4/c1-27(2,3)18-12-13-20(22(32)15-18)25-29-23(16-8-7-9-17(14-16)26(33)34-4)28-24(30-25)19-10-5-6-11-21(19)31/h5-15,31-32H,1-4H3. The number of carbonyl (C=O) groups excluding carboxylic acids is 1. The highest BCUT2D eigenvalue weighted by atomic mass is 16.5. The lowest BCUT2D eigenvalue weighted by Crippen LogP contribution is -2.10. The van der Waals surface area contributed by atoms with Gasteiger partial charge in [-0.2, -0.15) is 0 Å². The molecule has 0 aliphatic rings. The molecule has 0 spiro atoms. The summed E-state index contributed by atoms with van der Waals surface area (Å²) in [4.78, 5) is 25.7. The molecule has 0 amide bonds. The molecule has 0 aliphatic heterocycles. The highest BCUT2D eigenvalue weighted by Gasteiger charge is 2.20. The normalized spacial score (nSPS) is 11.3. The maximum Gasteiger partial charge on any atom is 0.337 e. The minimum Gasteiger partial charge on any atom is -0.507 e. The summed E-state index contributed by atoms with van der Waals surface area (Å²) < 4.78 is 4.83. The first kappa shape index (κ1) is 22.9. The Bertz CT molecular complexity index is 1380. The fourth-order valence-electron chi connectivity index (χ4n) is 3.50. The minimum absolute atomic E-state index is 0.0150. The third-order valence-electron chi connectivity index (χ3n) is 5.43. The number of aromatic nitrogens is 3. The molecule has 0 unspecified atom stereocenters. The van der Waals surface area contributed by atoms with Crippen molar-refractivity contribution in [2.75, 3.05) is 7.11 Å². The van der Waals surface area contributed by atoms with Crippen molar-refractivity contribution in [3.8, 4) is 45.7 Å². The first-order valence-corrected chi connectivity index (χ1v) is 10.7. The number of nitrogens with zero attached hydrogens (tertiary/aromatic N) is 3. The monoisotopic (exact) mass is 455 g/mol. The summed E-state index contributed by atoms with van der Waals surface area (Å²) in [7, 11) is 1.32. The van der Waals surface area contributed by atoms with Gasteiger partial charge >= 0.3 is 5.97 Å². The second-order valence-corrected chi connectivity index (χ2v) is 8.88. The van der Waals surface area contributed by atoms with Crippen LogP contribution in [0, 0.1) is 0 Å². The molecule has 0 fully saturated rings. The molecule has 2 N–H and O–H groups in total. The number of para-hydroxylation sites is 1. The molecule has 3 aromatic carbocycles. The number of ether oxygens (including phenoxy) is 1. The quantitative estimate of drug-likeness (QED) is 0.399. The van der Waals surface area contributed by atoms with Gasteiger partial charge in [0.1, 0.15) is 11.5 Å². The number of phenolic OH excluding ortho intramolecular Hbond substituents is 2. The molecule has 0 saturated carbocycles. The van der Waals surface area contributed by atoms with Crippen LogP contribution in [0.25, 0.3) is 34.2 Å². The van der Waals surface area contributed by atoms with Crippen LogP contribution in [-0.4, -0.2) is 38.2 Å². The maximum absolute atomic E-state index is 12.0. The minimum atomic E-state index is -0.479. The SMILES string of the molecule is COC(=O)c1cccc(-c2nc(-c3ccccc3O)nc(-c3ccc(C(C)(C)C)cc3O)n2)c1. The Hall–Kier alpha value is -4.26. The molecule has 0 aliphatic carbocycles. The topological polar surface area (TPSA) is 105 Å². The number of esters is 1. The van der Waals surface area contributed by atoms with Crippen LogP contribution in [-0.2, 0) is 10.2 Å². The first-order valence-electron chi connectivity index (χ1n) is 10.7. The Morgan fingerprint density at radius 1 is 0.765 bits per heavy atom. The fourth-order valence-corrected chi connectivity index (χ4v) is 3.50. The number of rotatable bonds is 4. The molecule has 0 atom stereocenters. The van der Waals surface area contributed by atoms with E-state index in [1.165, 1.54) is 7.11 Å². The Morgan fingerprint density at radius 3 is 2.03 bits per heavy atom. The average molecular weight is 456 g/mol. The van der Waals surface area contributed by atoms with Gasteiger partial charge < -0.3 is 14.9 Å². The zero-order valence-corrected chi connectivity index (χ0v) is 19.4. The van der Waals surface area contributed by atoms with Crippen molar-refractivity contribution < 1.29 is 19.7 Å². The van der Waals surface area contributed by atoms with Gasteiger partial charge in [-0.3, -0.25) is 0 Å². The van der Waals surface area contributed by atoms with E-state index in [2.05, 4.69) is 35.7 Å². The maximum atomic E-state index is 12.0. The highest BCUT2D eigenvalue weighted by molar-refractivity contribution is 5.90. The second-order valence-electron chi connectivity index (χ2n) is 8.88. The summed E-state index contributed by atoms with van der Waals surface area (Å²) in [6.07, 6.45) is 0. The van der Waals surface area contributed by atoms with Crippen LogP contribution in [0.15, 0.2) is 66.7 Å². The summed E-state index contributed by atoms with van der Waals surface area (Å²) in [5, 5.41) is 21.2. The van der Waals surface area contributed by atoms with Gasteiger partial charge in [0.25, 0.3) is 0 Å². The Morgan fingerprint density at radius 2 is 1.41 bits per heavy atom. The molecule has 0 bridgehead atoms. The third-order valence-corrected chi connectivity index (χ3v) is 5.43. The van der Waals surface area contributed by atoms with Crippen molar-refractivity contribution in [2.24, 2.45) is 0 Å². The largest absolute Gasteiger partial charge is 0.507 e. The van der Waals surface area contributed by atoms with Crippen molar-refractivity contribution in [1.82, 2.24) is 15.0 Å². The van der Waals surface area contributed by atoms with E-state index in [0.29, 0.717) is 22.3 Å². The molecule has 34 heavy (non-hydrogen) atoms. The van der Waals surface area contributed by atoms with Gasteiger partial charge in [-0.1, -0.05) is 51.1 Å². The fraction of sp³-hybridized carbons (Fsp3) is 0.185.